The van der Waals surface area contributed by atoms with Gasteiger partial charge in [-0.1, -0.05) is 6.07 Å². The lowest BCUT2D eigenvalue weighted by molar-refractivity contribution is 0.0960. The molecule has 0 bridgehead atoms. The number of nitrogens with two attached hydrogens (primary N) is 1. The minimum absolute atomic E-state index is 0.124. The number of aliphatic imine (C=N–C) groups is 1. The summed E-state index contributed by atoms with van der Waals surface area (Å²) in [6.07, 6.45) is 0. The van der Waals surface area contributed by atoms with Crippen LogP contribution in [0.4, 0.5) is 5.69 Å². The Morgan fingerprint density at radius 1 is 1.35 bits per heavy atom. The third-order valence-corrected chi connectivity index (χ3v) is 3.20. The van der Waals surface area contributed by atoms with E-state index in [1.165, 1.54) is 13.1 Å². The highest BCUT2D eigenvalue weighted by Crippen LogP contribution is 2.27. The lowest BCUT2D eigenvalue weighted by Gasteiger charge is -2.11. The highest BCUT2D eigenvalue weighted by molar-refractivity contribution is 5.98. The van der Waals surface area contributed by atoms with Crippen molar-refractivity contribution >= 4 is 17.4 Å². The molecule has 0 radical (unpaired) electrons. The average molecular weight is 316 g/mol. The Morgan fingerprint density at radius 3 is 2.78 bits per heavy atom. The van der Waals surface area contributed by atoms with Gasteiger partial charge in [-0.25, -0.2) is 0 Å². The lowest BCUT2D eigenvalue weighted by Crippen LogP contribution is -2.23. The molecule has 0 saturated carbocycles. The Hall–Kier alpha value is -2.96. The van der Waals surface area contributed by atoms with E-state index in [1.54, 1.807) is 12.1 Å². The maximum atomic E-state index is 11.6. The van der Waals surface area contributed by atoms with Gasteiger partial charge in [-0.3, -0.25) is 9.79 Å². The number of nitrogens with one attached hydrogen (secondary N) is 2. The van der Waals surface area contributed by atoms with Crippen LogP contribution in [-0.4, -0.2) is 30.4 Å². The summed E-state index contributed by atoms with van der Waals surface area (Å²) in [7, 11) is 1.50. The van der Waals surface area contributed by atoms with Crippen LogP contribution in [0.1, 0.15) is 21.9 Å². The fraction of sp³-hybridized carbons (Fsp3) is 0.250. The summed E-state index contributed by atoms with van der Waals surface area (Å²) < 4.78 is 5.40. The van der Waals surface area contributed by atoms with E-state index in [0.29, 0.717) is 18.1 Å². The summed E-state index contributed by atoms with van der Waals surface area (Å²) in [4.78, 5) is 15.8. The van der Waals surface area contributed by atoms with Gasteiger partial charge in [0.05, 0.1) is 24.3 Å². The normalized spacial score (nSPS) is 11.3. The fourth-order valence-electron chi connectivity index (χ4n) is 2.00. The van der Waals surface area contributed by atoms with Crippen molar-refractivity contribution in [3.05, 3.63) is 47.4 Å². The van der Waals surface area contributed by atoms with Gasteiger partial charge in [0.1, 0.15) is 17.4 Å². The maximum absolute atomic E-state index is 11.6. The van der Waals surface area contributed by atoms with E-state index in [4.69, 9.17) is 10.2 Å². The minimum Gasteiger partial charge on any atom is -0.505 e. The Bertz CT molecular complexity index is 722. The predicted molar refractivity (Wildman–Crippen MR) is 88.8 cm³/mol. The maximum Gasteiger partial charge on any atom is 0.254 e. The molecular formula is C16H20N4O3. The first-order valence-corrected chi connectivity index (χ1v) is 7.13. The van der Waals surface area contributed by atoms with Crippen molar-refractivity contribution in [2.24, 2.45) is 10.7 Å². The number of para-hydroxylation sites is 1. The third kappa shape index (κ3) is 4.26. The predicted octanol–water partition coefficient (Wildman–Crippen LogP) is 1.62. The summed E-state index contributed by atoms with van der Waals surface area (Å²) in [5.74, 6) is 1.43. The van der Waals surface area contributed by atoms with Crippen LogP contribution in [0.5, 0.6) is 5.75 Å². The Morgan fingerprint density at radius 2 is 2.13 bits per heavy atom. The molecule has 122 valence electrons. The van der Waals surface area contributed by atoms with E-state index in [1.807, 2.05) is 19.1 Å². The van der Waals surface area contributed by atoms with Gasteiger partial charge in [-0.15, -0.1) is 0 Å². The quantitative estimate of drug-likeness (QED) is 0.367. The highest BCUT2D eigenvalue weighted by Gasteiger charge is 2.12. The first-order chi connectivity index (χ1) is 11.0. The van der Waals surface area contributed by atoms with E-state index in [0.717, 1.165) is 11.5 Å². The average Bonchev–Trinajstić information content (AvgIpc) is 2.96. The van der Waals surface area contributed by atoms with Crippen LogP contribution in [0.2, 0.25) is 0 Å². The summed E-state index contributed by atoms with van der Waals surface area (Å²) >= 11 is 0. The van der Waals surface area contributed by atoms with Crippen molar-refractivity contribution in [1.29, 1.82) is 0 Å². The van der Waals surface area contributed by atoms with E-state index < -0.39 is 0 Å². The third-order valence-electron chi connectivity index (χ3n) is 3.20. The number of carbonyl (C=O) groups is 1. The summed E-state index contributed by atoms with van der Waals surface area (Å²) in [6.45, 7) is 2.45. The number of benzene rings is 1. The van der Waals surface area contributed by atoms with Crippen LogP contribution in [0.15, 0.2) is 39.7 Å². The Kier molecular flexibility index (Phi) is 5.24. The van der Waals surface area contributed by atoms with Crippen LogP contribution in [-0.2, 0) is 6.54 Å². The van der Waals surface area contributed by atoms with Crippen LogP contribution in [0.3, 0.4) is 0 Å². The Balaban J connectivity index is 1.98. The molecule has 2 aromatic rings. The lowest BCUT2D eigenvalue weighted by atomic mass is 10.1. The van der Waals surface area contributed by atoms with Crippen molar-refractivity contribution in [3.8, 4) is 5.75 Å². The molecule has 5 N–H and O–H groups in total. The zero-order valence-electron chi connectivity index (χ0n) is 13.1. The standard InChI is InChI=1S/C16H20N4O3/c1-10-6-7-11(23-10)8-20-14(17)9-19-13-5-3-4-12(15(13)21)16(22)18-2/h3-7,19,21H,8-9H2,1-2H3,(H2,17,20)(H,18,22). The van der Waals surface area contributed by atoms with Gasteiger partial charge in [0.15, 0.2) is 5.75 Å². The fourth-order valence-corrected chi connectivity index (χ4v) is 2.00. The number of hydrogen-bond acceptors (Lipinski definition) is 5. The molecule has 0 aliphatic carbocycles. The largest absolute Gasteiger partial charge is 0.505 e. The van der Waals surface area contributed by atoms with E-state index in [2.05, 4.69) is 15.6 Å². The number of nitrogens with zero attached hydrogens (tertiary/aromatic N) is 1. The smallest absolute Gasteiger partial charge is 0.254 e. The number of amidine groups is 1. The minimum atomic E-state index is -0.360. The molecule has 1 aromatic carbocycles. The van der Waals surface area contributed by atoms with Gasteiger partial charge in [-0.05, 0) is 31.2 Å². The van der Waals surface area contributed by atoms with Crippen LogP contribution in [0, 0.1) is 6.92 Å². The van der Waals surface area contributed by atoms with Gasteiger partial charge in [0.25, 0.3) is 5.91 Å². The van der Waals surface area contributed by atoms with Crippen molar-refractivity contribution < 1.29 is 14.3 Å². The van der Waals surface area contributed by atoms with Gasteiger partial charge in [-0.2, -0.15) is 0 Å². The molecule has 0 aliphatic rings. The van der Waals surface area contributed by atoms with E-state index >= 15 is 0 Å². The number of aryl methyl sites for hydroxylation is 1. The van der Waals surface area contributed by atoms with Gasteiger partial charge >= 0.3 is 0 Å². The molecule has 2 rings (SSSR count). The number of rotatable bonds is 6. The zero-order chi connectivity index (χ0) is 16.8. The molecular weight excluding hydrogens is 296 g/mol. The highest BCUT2D eigenvalue weighted by atomic mass is 16.3. The SMILES string of the molecule is CNC(=O)c1cccc(NCC(N)=NCc2ccc(C)o2)c1O. The van der Waals surface area contributed by atoms with Crippen LogP contribution >= 0.6 is 0 Å². The number of carbonyl (C=O) groups excluding carboxylic acids is 1. The van der Waals surface area contributed by atoms with E-state index in [-0.39, 0.29) is 23.8 Å². The van der Waals surface area contributed by atoms with E-state index in [9.17, 15) is 9.90 Å². The van der Waals surface area contributed by atoms with Gasteiger partial charge < -0.3 is 25.9 Å². The Labute approximate surface area is 134 Å². The first-order valence-electron chi connectivity index (χ1n) is 7.13. The first kappa shape index (κ1) is 16.4. The molecule has 0 atom stereocenters. The van der Waals surface area contributed by atoms with Crippen molar-refractivity contribution in [2.45, 2.75) is 13.5 Å². The number of phenols is 1. The topological polar surface area (TPSA) is 113 Å². The number of phenolic OH excluding ortho intramolecular Hbond substituents is 1. The number of hydrogen-bond donors (Lipinski definition) is 4. The van der Waals surface area contributed by atoms with Crippen molar-refractivity contribution in [2.75, 3.05) is 18.9 Å². The van der Waals surface area contributed by atoms with Gasteiger partial charge in [0, 0.05) is 7.05 Å². The molecule has 23 heavy (non-hydrogen) atoms. The second-order valence-electron chi connectivity index (χ2n) is 4.95. The molecule has 1 amide bonds. The van der Waals surface area contributed by atoms with Crippen LogP contribution in [0.25, 0.3) is 0 Å². The monoisotopic (exact) mass is 316 g/mol. The number of furan rings is 1. The number of anilines is 1. The molecule has 7 nitrogen and oxygen atoms in total. The second kappa shape index (κ2) is 7.35. The second-order valence-corrected chi connectivity index (χ2v) is 4.95. The molecule has 0 aliphatic heterocycles. The van der Waals surface area contributed by atoms with Crippen molar-refractivity contribution in [3.63, 3.8) is 0 Å². The molecule has 0 unspecified atom stereocenters. The molecule has 7 heteroatoms. The summed E-state index contributed by atoms with van der Waals surface area (Å²) in [5, 5.41) is 15.5. The van der Waals surface area contributed by atoms with Crippen molar-refractivity contribution in [1.82, 2.24) is 5.32 Å². The van der Waals surface area contributed by atoms with Crippen LogP contribution < -0.4 is 16.4 Å². The summed E-state index contributed by atoms with van der Waals surface area (Å²) in [5.41, 5.74) is 6.44. The summed E-state index contributed by atoms with van der Waals surface area (Å²) in [6, 6.07) is 8.58. The molecule has 0 spiro atoms. The molecule has 0 saturated heterocycles. The van der Waals surface area contributed by atoms with Gasteiger partial charge in [0.2, 0.25) is 0 Å². The number of amides is 1. The molecule has 1 heterocycles. The molecule has 0 fully saturated rings. The number of aromatic hydroxyl groups is 1. The zero-order valence-corrected chi connectivity index (χ0v) is 13.1. The molecule has 1 aromatic heterocycles.